The van der Waals surface area contributed by atoms with Crippen LogP contribution in [0.25, 0.3) is 0 Å². The Balaban J connectivity index is 2.62. The van der Waals surface area contributed by atoms with Crippen molar-refractivity contribution in [3.63, 3.8) is 0 Å². The third-order valence-electron chi connectivity index (χ3n) is 2.51. The summed E-state index contributed by atoms with van der Waals surface area (Å²) in [5.74, 6) is -0.528. The molecular weight excluding hydrogens is 234 g/mol. The number of carboxylic acids is 1. The third-order valence-corrected chi connectivity index (χ3v) is 2.51. The molecule has 1 amide bonds. The van der Waals surface area contributed by atoms with Gasteiger partial charge in [-0.2, -0.15) is 0 Å². The second-order valence-electron chi connectivity index (χ2n) is 4.22. The van der Waals surface area contributed by atoms with Crippen molar-refractivity contribution >= 4 is 11.9 Å². The largest absolute Gasteiger partial charge is 0.481 e. The van der Waals surface area contributed by atoms with Crippen molar-refractivity contribution in [3.8, 4) is 0 Å². The standard InChI is InChI=1S/C12H17N3O3/c1-7(4-5-11(16)17)14-12(18)10-6-13-9(3)15-8(10)2/h6-7H,4-5H2,1-3H3,(H,14,18)(H,16,17). The zero-order valence-corrected chi connectivity index (χ0v) is 10.7. The lowest BCUT2D eigenvalue weighted by Crippen LogP contribution is -2.33. The lowest BCUT2D eigenvalue weighted by Gasteiger charge is -2.13. The SMILES string of the molecule is Cc1ncc(C(=O)NC(C)CCC(=O)O)c(C)n1. The predicted molar refractivity (Wildman–Crippen MR) is 65.3 cm³/mol. The zero-order valence-electron chi connectivity index (χ0n) is 10.7. The van der Waals surface area contributed by atoms with Crippen LogP contribution in [0.15, 0.2) is 6.20 Å². The minimum Gasteiger partial charge on any atom is -0.481 e. The molecule has 0 fully saturated rings. The van der Waals surface area contributed by atoms with E-state index in [2.05, 4.69) is 15.3 Å². The molecule has 1 aromatic rings. The van der Waals surface area contributed by atoms with Crippen molar-refractivity contribution in [2.75, 3.05) is 0 Å². The van der Waals surface area contributed by atoms with Crippen LogP contribution in [0.3, 0.4) is 0 Å². The van der Waals surface area contributed by atoms with Crippen LogP contribution in [0.1, 0.15) is 41.6 Å². The van der Waals surface area contributed by atoms with Crippen LogP contribution in [-0.4, -0.2) is 33.0 Å². The van der Waals surface area contributed by atoms with E-state index >= 15 is 0 Å². The first-order chi connectivity index (χ1) is 8.40. The first-order valence-corrected chi connectivity index (χ1v) is 5.73. The molecule has 0 aliphatic rings. The van der Waals surface area contributed by atoms with E-state index in [-0.39, 0.29) is 18.4 Å². The number of hydrogen-bond donors (Lipinski definition) is 2. The van der Waals surface area contributed by atoms with Gasteiger partial charge in [0.2, 0.25) is 0 Å². The van der Waals surface area contributed by atoms with Crippen LogP contribution in [0, 0.1) is 13.8 Å². The van der Waals surface area contributed by atoms with E-state index in [1.54, 1.807) is 20.8 Å². The van der Waals surface area contributed by atoms with E-state index in [1.165, 1.54) is 6.20 Å². The summed E-state index contributed by atoms with van der Waals surface area (Å²) in [6.45, 7) is 5.26. The van der Waals surface area contributed by atoms with Gasteiger partial charge in [0.1, 0.15) is 5.82 Å². The summed E-state index contributed by atoms with van der Waals surface area (Å²) in [5, 5.41) is 11.3. The van der Waals surface area contributed by atoms with Gasteiger partial charge in [-0.05, 0) is 27.2 Å². The van der Waals surface area contributed by atoms with Gasteiger partial charge in [-0.3, -0.25) is 9.59 Å². The highest BCUT2D eigenvalue weighted by molar-refractivity contribution is 5.95. The van der Waals surface area contributed by atoms with E-state index in [0.29, 0.717) is 23.5 Å². The number of aliphatic carboxylic acids is 1. The molecule has 1 heterocycles. The Kier molecular flexibility index (Phi) is 4.76. The van der Waals surface area contributed by atoms with Gasteiger partial charge in [-0.1, -0.05) is 0 Å². The number of nitrogens with one attached hydrogen (secondary N) is 1. The number of aryl methyl sites for hydroxylation is 2. The van der Waals surface area contributed by atoms with Gasteiger partial charge in [-0.25, -0.2) is 9.97 Å². The van der Waals surface area contributed by atoms with E-state index in [0.717, 1.165) is 0 Å². The third kappa shape index (κ3) is 4.12. The van der Waals surface area contributed by atoms with Gasteiger partial charge in [0.15, 0.2) is 0 Å². The fourth-order valence-corrected chi connectivity index (χ4v) is 1.52. The molecule has 6 heteroatoms. The van der Waals surface area contributed by atoms with Crippen LogP contribution in [-0.2, 0) is 4.79 Å². The topological polar surface area (TPSA) is 92.2 Å². The summed E-state index contributed by atoms with van der Waals surface area (Å²) in [5.41, 5.74) is 1.04. The Morgan fingerprint density at radius 3 is 2.67 bits per heavy atom. The van der Waals surface area contributed by atoms with Crippen LogP contribution >= 0.6 is 0 Å². The molecule has 0 radical (unpaired) electrons. The molecule has 18 heavy (non-hydrogen) atoms. The molecule has 0 aliphatic carbocycles. The second-order valence-corrected chi connectivity index (χ2v) is 4.22. The molecule has 1 unspecified atom stereocenters. The number of carbonyl (C=O) groups is 2. The number of nitrogens with zero attached hydrogens (tertiary/aromatic N) is 2. The molecule has 0 saturated carbocycles. The Labute approximate surface area is 105 Å². The second kappa shape index (κ2) is 6.09. The fraction of sp³-hybridized carbons (Fsp3) is 0.500. The van der Waals surface area contributed by atoms with E-state index in [9.17, 15) is 9.59 Å². The van der Waals surface area contributed by atoms with Crippen LogP contribution in [0.4, 0.5) is 0 Å². The lowest BCUT2D eigenvalue weighted by atomic mass is 10.1. The Morgan fingerprint density at radius 2 is 2.11 bits per heavy atom. The Bertz CT molecular complexity index is 460. The van der Waals surface area contributed by atoms with Crippen molar-refractivity contribution in [2.24, 2.45) is 0 Å². The fourth-order valence-electron chi connectivity index (χ4n) is 1.52. The molecular formula is C12H17N3O3. The van der Waals surface area contributed by atoms with Crippen molar-refractivity contribution in [1.82, 2.24) is 15.3 Å². The van der Waals surface area contributed by atoms with Crippen molar-refractivity contribution in [1.29, 1.82) is 0 Å². The van der Waals surface area contributed by atoms with Gasteiger partial charge < -0.3 is 10.4 Å². The van der Waals surface area contributed by atoms with Crippen LogP contribution in [0.2, 0.25) is 0 Å². The van der Waals surface area contributed by atoms with Crippen molar-refractivity contribution in [2.45, 2.75) is 39.7 Å². The molecule has 1 rings (SSSR count). The first kappa shape index (κ1) is 14.1. The quantitative estimate of drug-likeness (QED) is 0.816. The summed E-state index contributed by atoms with van der Waals surface area (Å²) in [6.07, 6.45) is 1.91. The molecule has 0 bridgehead atoms. The molecule has 6 nitrogen and oxygen atoms in total. The average molecular weight is 251 g/mol. The monoisotopic (exact) mass is 251 g/mol. The number of amides is 1. The highest BCUT2D eigenvalue weighted by atomic mass is 16.4. The maximum absolute atomic E-state index is 11.9. The number of aromatic nitrogens is 2. The lowest BCUT2D eigenvalue weighted by molar-refractivity contribution is -0.137. The average Bonchev–Trinajstić information content (AvgIpc) is 2.26. The van der Waals surface area contributed by atoms with Gasteiger partial charge in [0.05, 0.1) is 11.3 Å². The summed E-state index contributed by atoms with van der Waals surface area (Å²) < 4.78 is 0. The minimum atomic E-state index is -0.869. The number of hydrogen-bond acceptors (Lipinski definition) is 4. The zero-order chi connectivity index (χ0) is 13.7. The summed E-state index contributed by atoms with van der Waals surface area (Å²) >= 11 is 0. The summed E-state index contributed by atoms with van der Waals surface area (Å²) in [7, 11) is 0. The smallest absolute Gasteiger partial charge is 0.303 e. The Morgan fingerprint density at radius 1 is 1.44 bits per heavy atom. The summed E-state index contributed by atoms with van der Waals surface area (Å²) in [4.78, 5) is 30.4. The maximum Gasteiger partial charge on any atom is 0.303 e. The Hall–Kier alpha value is -1.98. The highest BCUT2D eigenvalue weighted by Crippen LogP contribution is 2.05. The van der Waals surface area contributed by atoms with Crippen molar-refractivity contribution in [3.05, 3.63) is 23.3 Å². The van der Waals surface area contributed by atoms with E-state index in [1.807, 2.05) is 0 Å². The van der Waals surface area contributed by atoms with E-state index in [4.69, 9.17) is 5.11 Å². The molecule has 0 saturated heterocycles. The molecule has 0 aliphatic heterocycles. The number of carbonyl (C=O) groups excluding carboxylic acids is 1. The van der Waals surface area contributed by atoms with Crippen molar-refractivity contribution < 1.29 is 14.7 Å². The van der Waals surface area contributed by atoms with Gasteiger partial charge in [-0.15, -0.1) is 0 Å². The normalized spacial score (nSPS) is 11.9. The molecule has 1 atom stereocenters. The minimum absolute atomic E-state index is 0.0326. The molecule has 1 aromatic heterocycles. The van der Waals surface area contributed by atoms with Gasteiger partial charge in [0.25, 0.3) is 5.91 Å². The molecule has 2 N–H and O–H groups in total. The maximum atomic E-state index is 11.9. The van der Waals surface area contributed by atoms with Crippen LogP contribution < -0.4 is 5.32 Å². The number of carboxylic acid groups (broad SMARTS) is 1. The summed E-state index contributed by atoms with van der Waals surface area (Å²) in [6, 6.07) is -0.200. The number of rotatable bonds is 5. The molecule has 98 valence electrons. The van der Waals surface area contributed by atoms with Gasteiger partial charge in [0, 0.05) is 18.7 Å². The van der Waals surface area contributed by atoms with Gasteiger partial charge >= 0.3 is 5.97 Å². The molecule has 0 spiro atoms. The predicted octanol–water partition coefficient (Wildman–Crippen LogP) is 1.08. The van der Waals surface area contributed by atoms with E-state index < -0.39 is 5.97 Å². The highest BCUT2D eigenvalue weighted by Gasteiger charge is 2.14. The first-order valence-electron chi connectivity index (χ1n) is 5.73. The van der Waals surface area contributed by atoms with Crippen LogP contribution in [0.5, 0.6) is 0 Å². The molecule has 0 aromatic carbocycles.